The van der Waals surface area contributed by atoms with Crippen molar-refractivity contribution in [2.45, 2.75) is 39.0 Å². The van der Waals surface area contributed by atoms with E-state index in [1.807, 2.05) is 0 Å². The van der Waals surface area contributed by atoms with Crippen molar-refractivity contribution < 1.29 is 0 Å². The first kappa shape index (κ1) is 10.5. The van der Waals surface area contributed by atoms with Crippen molar-refractivity contribution in [2.75, 3.05) is 0 Å². The van der Waals surface area contributed by atoms with E-state index in [4.69, 9.17) is 0 Å². The van der Waals surface area contributed by atoms with Crippen LogP contribution < -0.4 is 0 Å². The Morgan fingerprint density at radius 2 is 1.54 bits per heavy atom. The van der Waals surface area contributed by atoms with Gasteiger partial charge in [0, 0.05) is 8.07 Å². The Bertz CT molecular complexity index is 253. The fourth-order valence-corrected chi connectivity index (χ4v) is 2.31. The molecular weight excluding hydrogens is 172 g/mol. The smallest absolute Gasteiger partial charge is 0.0445 e. The predicted octanol–water partition coefficient (Wildman–Crippen LogP) is 3.88. The van der Waals surface area contributed by atoms with Crippen LogP contribution in [0.15, 0.2) is 24.3 Å². The lowest BCUT2D eigenvalue weighted by molar-refractivity contribution is 1.09. The first-order valence-corrected chi connectivity index (χ1v) is 8.74. The van der Waals surface area contributed by atoms with Gasteiger partial charge < -0.3 is 0 Å². The van der Waals surface area contributed by atoms with Crippen molar-refractivity contribution in [3.8, 4) is 0 Å². The molecule has 0 unspecified atom stereocenters. The van der Waals surface area contributed by atoms with Crippen LogP contribution in [0.1, 0.15) is 11.1 Å². The molecule has 0 radical (unpaired) electrons. The Labute approximate surface area is 83.0 Å². The van der Waals surface area contributed by atoms with Gasteiger partial charge in [-0.05, 0) is 18.9 Å². The van der Waals surface area contributed by atoms with Gasteiger partial charge in [-0.25, -0.2) is 0 Å². The van der Waals surface area contributed by atoms with Crippen molar-refractivity contribution in [2.24, 2.45) is 0 Å². The summed E-state index contributed by atoms with van der Waals surface area (Å²) >= 11 is 0. The molecule has 0 bridgehead atoms. The molecule has 0 aliphatic rings. The van der Waals surface area contributed by atoms with Gasteiger partial charge >= 0.3 is 0 Å². The van der Waals surface area contributed by atoms with Gasteiger partial charge in [-0.1, -0.05) is 55.5 Å². The number of benzene rings is 1. The molecule has 0 saturated heterocycles. The Hall–Kier alpha value is -0.563. The highest BCUT2D eigenvalue weighted by Crippen LogP contribution is 2.13. The molecule has 0 aliphatic heterocycles. The summed E-state index contributed by atoms with van der Waals surface area (Å²) in [4.78, 5) is 0. The van der Waals surface area contributed by atoms with Crippen LogP contribution in [0.2, 0.25) is 25.7 Å². The van der Waals surface area contributed by atoms with Gasteiger partial charge in [0.1, 0.15) is 0 Å². The molecule has 1 aromatic rings. The Morgan fingerprint density at radius 3 is 2.00 bits per heavy atom. The van der Waals surface area contributed by atoms with E-state index >= 15 is 0 Å². The third kappa shape index (κ3) is 4.27. The monoisotopic (exact) mass is 192 g/mol. The molecule has 0 fully saturated rings. The van der Waals surface area contributed by atoms with Crippen molar-refractivity contribution in [3.63, 3.8) is 0 Å². The molecule has 0 atom stereocenters. The lowest BCUT2D eigenvalue weighted by Crippen LogP contribution is -2.19. The summed E-state index contributed by atoms with van der Waals surface area (Å²) in [6, 6.07) is 10.3. The predicted molar refractivity (Wildman–Crippen MR) is 63.0 cm³/mol. The van der Waals surface area contributed by atoms with Gasteiger partial charge in [0.05, 0.1) is 0 Å². The van der Waals surface area contributed by atoms with Gasteiger partial charge in [0.25, 0.3) is 0 Å². The zero-order chi connectivity index (χ0) is 9.90. The second-order valence-corrected chi connectivity index (χ2v) is 10.7. The number of rotatable bonds is 3. The fourth-order valence-electron chi connectivity index (χ4n) is 1.27. The summed E-state index contributed by atoms with van der Waals surface area (Å²) < 4.78 is 0. The second kappa shape index (κ2) is 4.10. The van der Waals surface area contributed by atoms with Gasteiger partial charge in [0.2, 0.25) is 0 Å². The summed E-state index contributed by atoms with van der Waals surface area (Å²) in [7, 11) is -0.854. The number of hydrogen-bond donors (Lipinski definition) is 0. The lowest BCUT2D eigenvalue weighted by Gasteiger charge is -2.15. The summed E-state index contributed by atoms with van der Waals surface area (Å²) in [6.45, 7) is 9.44. The Kier molecular flexibility index (Phi) is 3.31. The first-order chi connectivity index (χ1) is 5.97. The second-order valence-electron chi connectivity index (χ2n) is 5.05. The first-order valence-electron chi connectivity index (χ1n) is 5.03. The van der Waals surface area contributed by atoms with E-state index in [2.05, 4.69) is 50.8 Å². The fraction of sp³-hybridized carbons (Fsp3) is 0.500. The highest BCUT2D eigenvalue weighted by Gasteiger charge is 2.11. The van der Waals surface area contributed by atoms with Crippen LogP contribution >= 0.6 is 0 Å². The Balaban J connectivity index is 2.51. The highest BCUT2D eigenvalue weighted by atomic mass is 28.3. The van der Waals surface area contributed by atoms with Gasteiger partial charge in [-0.2, -0.15) is 0 Å². The minimum atomic E-state index is -0.854. The van der Waals surface area contributed by atoms with Crippen LogP contribution in [0, 0.1) is 6.92 Å². The van der Waals surface area contributed by atoms with E-state index < -0.39 is 8.07 Å². The van der Waals surface area contributed by atoms with E-state index in [-0.39, 0.29) is 0 Å². The zero-order valence-electron chi connectivity index (χ0n) is 9.22. The van der Waals surface area contributed by atoms with Crippen LogP contribution in [0.25, 0.3) is 0 Å². The average Bonchev–Trinajstić information content (AvgIpc) is 2.02. The molecule has 13 heavy (non-hydrogen) atoms. The van der Waals surface area contributed by atoms with Gasteiger partial charge in [0.15, 0.2) is 0 Å². The van der Waals surface area contributed by atoms with E-state index in [1.54, 1.807) is 0 Å². The molecule has 0 nitrogen and oxygen atoms in total. The minimum Gasteiger partial charge on any atom is -0.0695 e. The molecule has 0 saturated carbocycles. The van der Waals surface area contributed by atoms with Crippen LogP contribution in [0.4, 0.5) is 0 Å². The molecule has 0 spiro atoms. The van der Waals surface area contributed by atoms with Crippen molar-refractivity contribution in [1.29, 1.82) is 0 Å². The number of hydrogen-bond acceptors (Lipinski definition) is 0. The van der Waals surface area contributed by atoms with E-state index in [0.717, 1.165) is 0 Å². The van der Waals surface area contributed by atoms with Crippen LogP contribution in [0.3, 0.4) is 0 Å². The zero-order valence-corrected chi connectivity index (χ0v) is 10.2. The minimum absolute atomic E-state index is 0.854. The SMILES string of the molecule is Cc1ccc(CC[Si](C)(C)C)cc1. The normalized spacial score (nSPS) is 11.7. The molecule has 0 heterocycles. The average molecular weight is 192 g/mol. The highest BCUT2D eigenvalue weighted by molar-refractivity contribution is 6.76. The molecule has 72 valence electrons. The summed E-state index contributed by atoms with van der Waals surface area (Å²) in [5, 5.41) is 0. The van der Waals surface area contributed by atoms with Crippen molar-refractivity contribution in [3.05, 3.63) is 35.4 Å². The van der Waals surface area contributed by atoms with E-state index in [9.17, 15) is 0 Å². The summed E-state index contributed by atoms with van der Waals surface area (Å²) in [6.07, 6.45) is 1.26. The van der Waals surface area contributed by atoms with Crippen LogP contribution in [0.5, 0.6) is 0 Å². The number of aryl methyl sites for hydroxylation is 2. The lowest BCUT2D eigenvalue weighted by atomic mass is 10.1. The maximum absolute atomic E-state index is 2.43. The van der Waals surface area contributed by atoms with Crippen molar-refractivity contribution >= 4 is 8.07 Å². The molecule has 1 rings (SSSR count). The maximum Gasteiger partial charge on any atom is 0.0445 e. The van der Waals surface area contributed by atoms with Crippen molar-refractivity contribution in [1.82, 2.24) is 0 Å². The quantitative estimate of drug-likeness (QED) is 0.638. The van der Waals surface area contributed by atoms with Gasteiger partial charge in [-0.3, -0.25) is 0 Å². The molecule has 1 aromatic carbocycles. The largest absolute Gasteiger partial charge is 0.0695 e. The maximum atomic E-state index is 2.43. The molecule has 0 aromatic heterocycles. The van der Waals surface area contributed by atoms with Gasteiger partial charge in [-0.15, -0.1) is 0 Å². The molecule has 0 aliphatic carbocycles. The topological polar surface area (TPSA) is 0 Å². The van der Waals surface area contributed by atoms with E-state index in [0.29, 0.717) is 0 Å². The molecule has 1 heteroatoms. The van der Waals surface area contributed by atoms with Crippen LogP contribution in [-0.4, -0.2) is 8.07 Å². The summed E-state index contributed by atoms with van der Waals surface area (Å²) in [5.74, 6) is 0. The molecular formula is C12H20Si. The Morgan fingerprint density at radius 1 is 1.00 bits per heavy atom. The van der Waals surface area contributed by atoms with E-state index in [1.165, 1.54) is 23.6 Å². The summed E-state index contributed by atoms with van der Waals surface area (Å²) in [5.41, 5.74) is 2.85. The van der Waals surface area contributed by atoms with Crippen LogP contribution in [-0.2, 0) is 6.42 Å². The standard InChI is InChI=1S/C12H20Si/c1-11-5-7-12(8-6-11)9-10-13(2,3)4/h5-8H,9-10H2,1-4H3. The third-order valence-electron chi connectivity index (χ3n) is 2.28. The molecule has 0 amide bonds. The molecule has 0 N–H and O–H groups in total. The third-order valence-corrected chi connectivity index (χ3v) is 4.03.